The summed E-state index contributed by atoms with van der Waals surface area (Å²) in [6, 6.07) is 6.29. The SMILES string of the molecule is CC[C@]12c3[nH]c4cc(CCC(=O)N(C)C)ccc4c3CCN1C(=O)[C@@H](CC(=O)NCCN1CCOCC1)C[C@@H]2C(=O)N1CCN(C(=O)C2CC2)CC1. The highest BCUT2D eigenvalue weighted by atomic mass is 16.5. The Kier molecular flexibility index (Phi) is 10.6. The van der Waals surface area contributed by atoms with Gasteiger partial charge in [-0.15, -0.1) is 0 Å². The summed E-state index contributed by atoms with van der Waals surface area (Å²) in [5.74, 6) is -0.999. The molecule has 52 heavy (non-hydrogen) atoms. The maximum atomic E-state index is 14.9. The van der Waals surface area contributed by atoms with E-state index in [-0.39, 0.29) is 48.3 Å². The predicted molar refractivity (Wildman–Crippen MR) is 195 cm³/mol. The molecule has 4 aliphatic heterocycles. The summed E-state index contributed by atoms with van der Waals surface area (Å²) in [6.07, 6.45) is 4.44. The number of piperidine rings is 1. The molecule has 0 bridgehead atoms. The topological polar surface area (TPSA) is 139 Å². The van der Waals surface area contributed by atoms with Crippen LogP contribution in [0.1, 0.15) is 62.3 Å². The Morgan fingerprint density at radius 1 is 0.981 bits per heavy atom. The Bertz CT molecular complexity index is 1690. The molecule has 5 amide bonds. The van der Waals surface area contributed by atoms with E-state index in [0.29, 0.717) is 78.2 Å². The molecular weight excluding hydrogens is 662 g/mol. The average Bonchev–Trinajstić information content (AvgIpc) is 3.94. The highest BCUT2D eigenvalue weighted by Crippen LogP contribution is 2.52. The van der Waals surface area contributed by atoms with Crippen molar-refractivity contribution in [1.82, 2.24) is 34.8 Å². The second-order valence-electron chi connectivity index (χ2n) is 15.6. The van der Waals surface area contributed by atoms with Crippen molar-refractivity contribution in [1.29, 1.82) is 0 Å². The third-order valence-corrected chi connectivity index (χ3v) is 12.3. The smallest absolute Gasteiger partial charge is 0.228 e. The van der Waals surface area contributed by atoms with Crippen LogP contribution in [0.3, 0.4) is 0 Å². The van der Waals surface area contributed by atoms with Gasteiger partial charge in [-0.25, -0.2) is 0 Å². The minimum atomic E-state index is -0.897. The van der Waals surface area contributed by atoms with Crippen LogP contribution in [0, 0.1) is 17.8 Å². The lowest BCUT2D eigenvalue weighted by Crippen LogP contribution is -2.66. The number of carbonyl (C=O) groups excluding carboxylic acids is 5. The molecule has 1 saturated carbocycles. The van der Waals surface area contributed by atoms with Crippen LogP contribution < -0.4 is 5.32 Å². The molecule has 4 fully saturated rings. The van der Waals surface area contributed by atoms with Gasteiger partial charge in [0.15, 0.2) is 0 Å². The third-order valence-electron chi connectivity index (χ3n) is 12.3. The van der Waals surface area contributed by atoms with Crippen LogP contribution >= 0.6 is 0 Å². The van der Waals surface area contributed by atoms with E-state index in [1.165, 1.54) is 0 Å². The number of rotatable bonds is 11. The maximum absolute atomic E-state index is 14.9. The number of nitrogens with zero attached hydrogens (tertiary/aromatic N) is 5. The number of H-pyrrole nitrogens is 1. The molecule has 13 nitrogen and oxygen atoms in total. The first-order valence-corrected chi connectivity index (χ1v) is 19.4. The Morgan fingerprint density at radius 2 is 1.69 bits per heavy atom. The fourth-order valence-electron chi connectivity index (χ4n) is 9.11. The lowest BCUT2D eigenvalue weighted by Gasteiger charge is -2.56. The third kappa shape index (κ3) is 7.05. The van der Waals surface area contributed by atoms with Gasteiger partial charge in [-0.2, -0.15) is 0 Å². The van der Waals surface area contributed by atoms with Crippen molar-refractivity contribution in [3.05, 3.63) is 35.0 Å². The molecule has 5 heterocycles. The molecule has 7 rings (SSSR count). The van der Waals surface area contributed by atoms with Crippen LogP contribution in [-0.4, -0.2) is 145 Å². The fraction of sp³-hybridized carbons (Fsp3) is 0.667. The number of morpholine rings is 1. The Hall–Kier alpha value is -3.97. The minimum absolute atomic E-state index is 0.00927. The summed E-state index contributed by atoms with van der Waals surface area (Å²) in [7, 11) is 3.53. The van der Waals surface area contributed by atoms with E-state index in [0.717, 1.165) is 60.2 Å². The van der Waals surface area contributed by atoms with E-state index in [1.807, 2.05) is 14.7 Å². The van der Waals surface area contributed by atoms with Crippen molar-refractivity contribution in [2.75, 3.05) is 86.2 Å². The van der Waals surface area contributed by atoms with Crippen molar-refractivity contribution in [3.8, 4) is 0 Å². The number of ether oxygens (including phenoxy) is 1. The van der Waals surface area contributed by atoms with Crippen molar-refractivity contribution in [2.45, 2.75) is 63.8 Å². The largest absolute Gasteiger partial charge is 0.379 e. The zero-order valence-corrected chi connectivity index (χ0v) is 31.1. The van der Waals surface area contributed by atoms with E-state index in [1.54, 1.807) is 19.0 Å². The van der Waals surface area contributed by atoms with Gasteiger partial charge in [-0.1, -0.05) is 19.1 Å². The number of hydrogen-bond donors (Lipinski definition) is 2. The number of aromatic nitrogens is 1. The summed E-state index contributed by atoms with van der Waals surface area (Å²) in [5.41, 5.74) is 3.15. The van der Waals surface area contributed by atoms with Crippen molar-refractivity contribution in [2.24, 2.45) is 17.8 Å². The first kappa shape index (κ1) is 36.4. The van der Waals surface area contributed by atoms with Crippen LogP contribution in [0.2, 0.25) is 0 Å². The highest BCUT2D eigenvalue weighted by Gasteiger charge is 2.59. The highest BCUT2D eigenvalue weighted by molar-refractivity contribution is 5.93. The second kappa shape index (κ2) is 15.2. The van der Waals surface area contributed by atoms with E-state index in [2.05, 4.69) is 40.3 Å². The molecule has 1 aliphatic carbocycles. The number of nitrogens with one attached hydrogen (secondary N) is 2. The summed E-state index contributed by atoms with van der Waals surface area (Å²) >= 11 is 0. The Balaban J connectivity index is 1.16. The van der Waals surface area contributed by atoms with Gasteiger partial charge in [0, 0.05) is 114 Å². The number of aryl methyl sites for hydroxylation is 1. The molecule has 2 aromatic rings. The molecule has 3 atom stereocenters. The fourth-order valence-corrected chi connectivity index (χ4v) is 9.11. The summed E-state index contributed by atoms with van der Waals surface area (Å²) in [4.78, 5) is 81.2. The monoisotopic (exact) mass is 717 g/mol. The Labute approximate surface area is 306 Å². The molecule has 0 radical (unpaired) electrons. The van der Waals surface area contributed by atoms with Gasteiger partial charge in [-0.05, 0) is 55.7 Å². The number of carbonyl (C=O) groups is 5. The standard InChI is InChI=1S/C39H55N7O6/c1-4-39-31(38(51)45-17-15-44(16-18-45)36(49)27-7-8-27)24-28(25-33(47)40-12-14-43-19-21-52-22-20-43)37(50)46(39)13-11-30-29-9-5-26(6-10-34(48)42(2)3)23-32(29)41-35(30)39/h5,9,23,27-28,31,41H,4,6-8,10-22,24-25H2,1-3H3,(H,40,47)/t28-,31-,39+/m1/s1. The molecule has 0 unspecified atom stereocenters. The van der Waals surface area contributed by atoms with Gasteiger partial charge in [0.2, 0.25) is 29.5 Å². The van der Waals surface area contributed by atoms with Gasteiger partial charge in [-0.3, -0.25) is 28.9 Å². The number of aromatic amines is 1. The second-order valence-corrected chi connectivity index (χ2v) is 15.6. The molecule has 0 spiro atoms. The number of amides is 5. The summed E-state index contributed by atoms with van der Waals surface area (Å²) < 4.78 is 5.44. The molecule has 1 aromatic carbocycles. The lowest BCUT2D eigenvalue weighted by atomic mass is 9.65. The van der Waals surface area contributed by atoms with Gasteiger partial charge in [0.25, 0.3) is 0 Å². The summed E-state index contributed by atoms with van der Waals surface area (Å²) in [6.45, 7) is 8.77. The van der Waals surface area contributed by atoms with E-state index < -0.39 is 17.4 Å². The number of fused-ring (bicyclic) bond motifs is 5. The van der Waals surface area contributed by atoms with Gasteiger partial charge in [0.05, 0.1) is 24.7 Å². The van der Waals surface area contributed by atoms with E-state index >= 15 is 0 Å². The zero-order valence-electron chi connectivity index (χ0n) is 31.1. The molecule has 5 aliphatic rings. The summed E-state index contributed by atoms with van der Waals surface area (Å²) in [5, 5.41) is 4.12. The number of benzene rings is 1. The molecule has 2 N–H and O–H groups in total. The van der Waals surface area contributed by atoms with Crippen LogP contribution in [0.5, 0.6) is 0 Å². The zero-order chi connectivity index (χ0) is 36.6. The van der Waals surface area contributed by atoms with Crippen LogP contribution in [-0.2, 0) is 47.1 Å². The van der Waals surface area contributed by atoms with Gasteiger partial charge < -0.3 is 34.6 Å². The van der Waals surface area contributed by atoms with E-state index in [9.17, 15) is 24.0 Å². The molecule has 282 valence electrons. The average molecular weight is 718 g/mol. The first-order chi connectivity index (χ1) is 25.1. The van der Waals surface area contributed by atoms with Crippen molar-refractivity contribution < 1.29 is 28.7 Å². The molecule has 13 heteroatoms. The van der Waals surface area contributed by atoms with Gasteiger partial charge >= 0.3 is 0 Å². The minimum Gasteiger partial charge on any atom is -0.379 e. The van der Waals surface area contributed by atoms with Gasteiger partial charge in [0.1, 0.15) is 0 Å². The maximum Gasteiger partial charge on any atom is 0.228 e. The molecule has 3 saturated heterocycles. The Morgan fingerprint density at radius 3 is 2.37 bits per heavy atom. The van der Waals surface area contributed by atoms with E-state index in [4.69, 9.17) is 4.74 Å². The lowest BCUT2D eigenvalue weighted by molar-refractivity contribution is -0.168. The number of piperazine rings is 1. The van der Waals surface area contributed by atoms with Crippen LogP contribution in [0.4, 0.5) is 0 Å². The first-order valence-electron chi connectivity index (χ1n) is 19.4. The molecular formula is C39H55N7O6. The van der Waals surface area contributed by atoms with Crippen LogP contribution in [0.25, 0.3) is 10.9 Å². The van der Waals surface area contributed by atoms with Crippen molar-refractivity contribution >= 4 is 40.4 Å². The quantitative estimate of drug-likeness (QED) is 0.361. The molecule has 1 aromatic heterocycles. The normalized spacial score (nSPS) is 25.1. The predicted octanol–water partition coefficient (Wildman–Crippen LogP) is 1.73. The van der Waals surface area contributed by atoms with Crippen LogP contribution in [0.15, 0.2) is 18.2 Å². The number of hydrogen-bond acceptors (Lipinski definition) is 7. The van der Waals surface area contributed by atoms with Crippen molar-refractivity contribution in [3.63, 3.8) is 0 Å².